The summed E-state index contributed by atoms with van der Waals surface area (Å²) < 4.78 is 0. The molecule has 4 aliphatic carbocycles. The van der Waals surface area contributed by atoms with Gasteiger partial charge in [-0.3, -0.25) is 0 Å². The number of nitrogens with zero attached hydrogens (tertiary/aromatic N) is 3. The highest BCUT2D eigenvalue weighted by Crippen LogP contribution is 2.42. The summed E-state index contributed by atoms with van der Waals surface area (Å²) in [6.45, 7) is 0. The van der Waals surface area contributed by atoms with Gasteiger partial charge in [0.2, 0.25) is 0 Å². The fourth-order valence-corrected chi connectivity index (χ4v) is 3.09. The van der Waals surface area contributed by atoms with Gasteiger partial charge >= 0.3 is 5.72 Å². The standard InChI is InChI=1S/C19H15N3O/c20-12-19(13-21)22(23-19)18-11-16-6-5-14-1-3-15(4-2-14)7-9-17(18)10-8-16/h1-4,8,10-11H,5-7,9H2. The van der Waals surface area contributed by atoms with E-state index in [-0.39, 0.29) is 0 Å². The average molecular weight is 301 g/mol. The second kappa shape index (κ2) is 5.12. The van der Waals surface area contributed by atoms with Crippen LogP contribution in [0.4, 0.5) is 5.69 Å². The van der Waals surface area contributed by atoms with Crippen molar-refractivity contribution >= 4 is 5.69 Å². The molecule has 0 unspecified atom stereocenters. The van der Waals surface area contributed by atoms with Gasteiger partial charge in [0.1, 0.15) is 12.1 Å². The van der Waals surface area contributed by atoms with Crippen LogP contribution in [0.5, 0.6) is 0 Å². The number of aryl methyl sites for hydroxylation is 4. The minimum atomic E-state index is -1.45. The molecule has 1 saturated heterocycles. The monoisotopic (exact) mass is 301 g/mol. The van der Waals surface area contributed by atoms with Crippen molar-refractivity contribution in [2.45, 2.75) is 31.4 Å². The Kier molecular flexibility index (Phi) is 3.08. The van der Waals surface area contributed by atoms with Crippen molar-refractivity contribution in [2.24, 2.45) is 0 Å². The van der Waals surface area contributed by atoms with Gasteiger partial charge in [-0.15, -0.1) is 0 Å². The Balaban J connectivity index is 1.73. The first-order valence-corrected chi connectivity index (χ1v) is 7.75. The molecule has 0 saturated carbocycles. The molecule has 0 amide bonds. The lowest BCUT2D eigenvalue weighted by Gasteiger charge is -2.14. The van der Waals surface area contributed by atoms with E-state index in [1.807, 2.05) is 12.1 Å². The first kappa shape index (κ1) is 13.8. The van der Waals surface area contributed by atoms with Gasteiger partial charge in [0, 0.05) is 0 Å². The number of benzene rings is 2. The van der Waals surface area contributed by atoms with E-state index >= 15 is 0 Å². The molecule has 4 bridgehead atoms. The van der Waals surface area contributed by atoms with Crippen LogP contribution in [0.15, 0.2) is 42.5 Å². The van der Waals surface area contributed by atoms with Crippen LogP contribution in [-0.2, 0) is 30.5 Å². The predicted molar refractivity (Wildman–Crippen MR) is 85.2 cm³/mol. The topological polar surface area (TPSA) is 63.1 Å². The second-order valence-electron chi connectivity index (χ2n) is 6.03. The third-order valence-electron chi connectivity index (χ3n) is 4.56. The second-order valence-corrected chi connectivity index (χ2v) is 6.03. The Morgan fingerprint density at radius 3 is 2.00 bits per heavy atom. The van der Waals surface area contributed by atoms with Gasteiger partial charge in [0.05, 0.1) is 5.69 Å². The zero-order valence-corrected chi connectivity index (χ0v) is 12.6. The number of rotatable bonds is 1. The molecule has 0 atom stereocenters. The van der Waals surface area contributed by atoms with E-state index in [1.165, 1.54) is 21.8 Å². The first-order valence-electron chi connectivity index (χ1n) is 7.75. The fraction of sp³-hybridized carbons (Fsp3) is 0.263. The van der Waals surface area contributed by atoms with Crippen LogP contribution in [-0.4, -0.2) is 5.72 Å². The zero-order chi connectivity index (χ0) is 15.9. The molecule has 4 heteroatoms. The lowest BCUT2D eigenvalue weighted by atomic mass is 9.95. The van der Waals surface area contributed by atoms with Crippen molar-refractivity contribution in [1.82, 2.24) is 0 Å². The molecule has 0 N–H and O–H groups in total. The maximum absolute atomic E-state index is 9.20. The molecule has 4 nitrogen and oxygen atoms in total. The summed E-state index contributed by atoms with van der Waals surface area (Å²) in [5.74, 6) is 0. The maximum Gasteiger partial charge on any atom is 0.363 e. The molecule has 112 valence electrons. The Bertz CT molecular complexity index is 828. The van der Waals surface area contributed by atoms with Gasteiger partial charge in [-0.2, -0.15) is 15.6 Å². The zero-order valence-electron chi connectivity index (χ0n) is 12.6. The van der Waals surface area contributed by atoms with E-state index in [0.717, 1.165) is 36.9 Å². The highest BCUT2D eigenvalue weighted by molar-refractivity contribution is 5.62. The molecule has 0 aromatic heterocycles. The summed E-state index contributed by atoms with van der Waals surface area (Å²) >= 11 is 0. The minimum absolute atomic E-state index is 0.848. The van der Waals surface area contributed by atoms with Crippen LogP contribution >= 0.6 is 0 Å². The van der Waals surface area contributed by atoms with E-state index in [1.54, 1.807) is 0 Å². The van der Waals surface area contributed by atoms with Gasteiger partial charge in [0.25, 0.3) is 0 Å². The van der Waals surface area contributed by atoms with Crippen molar-refractivity contribution in [3.63, 3.8) is 0 Å². The first-order chi connectivity index (χ1) is 11.2. The summed E-state index contributed by atoms with van der Waals surface area (Å²) in [6, 6.07) is 19.0. The van der Waals surface area contributed by atoms with E-state index in [4.69, 9.17) is 4.84 Å². The SMILES string of the molecule is N#CC1(C#N)ON1c1cc2ccc1CCc1ccc(cc1)CC2. The highest BCUT2D eigenvalue weighted by atomic mass is 16.9. The van der Waals surface area contributed by atoms with Crippen molar-refractivity contribution in [3.05, 3.63) is 64.7 Å². The molecule has 1 heterocycles. The molecule has 2 aromatic carbocycles. The van der Waals surface area contributed by atoms with Gasteiger partial charge in [-0.25, -0.2) is 4.84 Å². The largest absolute Gasteiger partial charge is 0.363 e. The van der Waals surface area contributed by atoms with Crippen LogP contribution in [0.2, 0.25) is 0 Å². The third-order valence-corrected chi connectivity index (χ3v) is 4.56. The molecule has 1 aliphatic heterocycles. The van der Waals surface area contributed by atoms with Crippen molar-refractivity contribution in [2.75, 3.05) is 5.06 Å². The Morgan fingerprint density at radius 2 is 1.39 bits per heavy atom. The third kappa shape index (κ3) is 2.34. The average Bonchev–Trinajstić information content (AvgIpc) is 3.32. The summed E-state index contributed by atoms with van der Waals surface area (Å²) in [6.07, 6.45) is 3.67. The van der Waals surface area contributed by atoms with E-state index in [9.17, 15) is 10.5 Å². The molecule has 5 aliphatic rings. The molecule has 0 spiro atoms. The highest BCUT2D eigenvalue weighted by Gasteiger charge is 2.58. The predicted octanol–water partition coefficient (Wildman–Crippen LogP) is 3.07. The molecular weight excluding hydrogens is 286 g/mol. The molecule has 0 radical (unpaired) electrons. The van der Waals surface area contributed by atoms with Crippen molar-refractivity contribution in [3.8, 4) is 12.1 Å². The van der Waals surface area contributed by atoms with Crippen LogP contribution in [0.1, 0.15) is 22.3 Å². The Morgan fingerprint density at radius 1 is 0.826 bits per heavy atom. The van der Waals surface area contributed by atoms with Crippen molar-refractivity contribution < 1.29 is 4.84 Å². The molecule has 7 rings (SSSR count). The van der Waals surface area contributed by atoms with E-state index < -0.39 is 5.72 Å². The Labute approximate surface area is 135 Å². The van der Waals surface area contributed by atoms with E-state index in [2.05, 4.69) is 42.5 Å². The van der Waals surface area contributed by atoms with Gasteiger partial charge in [-0.05, 0) is 54.0 Å². The van der Waals surface area contributed by atoms with E-state index in [0.29, 0.717) is 0 Å². The van der Waals surface area contributed by atoms with Gasteiger partial charge in [0.15, 0.2) is 0 Å². The molecular formula is C19H15N3O. The number of anilines is 1. The summed E-state index contributed by atoms with van der Waals surface area (Å²) in [7, 11) is 0. The summed E-state index contributed by atoms with van der Waals surface area (Å²) in [5.41, 5.74) is 4.31. The smallest absolute Gasteiger partial charge is 0.207 e. The summed E-state index contributed by atoms with van der Waals surface area (Å²) in [5, 5.41) is 19.8. The van der Waals surface area contributed by atoms with Crippen LogP contribution in [0, 0.1) is 22.7 Å². The summed E-state index contributed by atoms with van der Waals surface area (Å²) in [4.78, 5) is 5.32. The molecule has 2 aromatic rings. The lowest BCUT2D eigenvalue weighted by molar-refractivity contribution is 0.390. The fourth-order valence-electron chi connectivity index (χ4n) is 3.09. The number of hydroxylamine groups is 1. The van der Waals surface area contributed by atoms with Crippen LogP contribution in [0.25, 0.3) is 0 Å². The van der Waals surface area contributed by atoms with Crippen LogP contribution < -0.4 is 5.06 Å². The van der Waals surface area contributed by atoms with Crippen molar-refractivity contribution in [1.29, 1.82) is 10.5 Å². The maximum atomic E-state index is 9.20. The lowest BCUT2D eigenvalue weighted by Crippen LogP contribution is -2.14. The number of nitriles is 2. The molecule has 23 heavy (non-hydrogen) atoms. The molecule has 1 fully saturated rings. The normalized spacial score (nSPS) is 17.7. The number of hydrogen-bond acceptors (Lipinski definition) is 4. The number of hydrogen-bond donors (Lipinski definition) is 0. The Hall–Kier alpha value is -2.82. The quantitative estimate of drug-likeness (QED) is 0.759. The van der Waals surface area contributed by atoms with Crippen LogP contribution in [0.3, 0.4) is 0 Å². The van der Waals surface area contributed by atoms with Gasteiger partial charge in [-0.1, -0.05) is 36.4 Å². The van der Waals surface area contributed by atoms with Gasteiger partial charge < -0.3 is 0 Å². The minimum Gasteiger partial charge on any atom is -0.207 e.